The summed E-state index contributed by atoms with van der Waals surface area (Å²) in [5, 5.41) is 12.5. The summed E-state index contributed by atoms with van der Waals surface area (Å²) in [7, 11) is 0. The minimum Gasteiger partial charge on any atom is -0.394 e. The molecule has 0 aliphatic carbocycles. The van der Waals surface area contributed by atoms with Gasteiger partial charge in [-0.1, -0.05) is 60.7 Å². The highest BCUT2D eigenvalue weighted by atomic mass is 16.5. The summed E-state index contributed by atoms with van der Waals surface area (Å²) in [5.41, 5.74) is 2.08. The average molecular weight is 357 g/mol. The van der Waals surface area contributed by atoms with Crippen molar-refractivity contribution in [2.75, 3.05) is 6.61 Å². The first-order valence-corrected chi connectivity index (χ1v) is 8.79. The Labute approximate surface area is 155 Å². The highest BCUT2D eigenvalue weighted by Crippen LogP contribution is 2.15. The number of hydrogen-bond acceptors (Lipinski definition) is 4. The molecule has 26 heavy (non-hydrogen) atoms. The van der Waals surface area contributed by atoms with Crippen molar-refractivity contribution in [3.63, 3.8) is 0 Å². The zero-order chi connectivity index (χ0) is 18.8. The number of nitrogens with one attached hydrogen (secondary N) is 1. The molecule has 0 aromatic heterocycles. The third-order valence-electron chi connectivity index (χ3n) is 4.09. The number of hydrogen-bond donors (Lipinski definition) is 2. The maximum Gasteiger partial charge on any atom is 0.217 e. The van der Waals surface area contributed by atoms with Gasteiger partial charge in [0.25, 0.3) is 0 Å². The highest BCUT2D eigenvalue weighted by Gasteiger charge is 2.29. The second-order valence-electron chi connectivity index (χ2n) is 6.25. The number of aliphatic hydroxyl groups is 1. The molecule has 2 rings (SSSR count). The van der Waals surface area contributed by atoms with Crippen LogP contribution in [0.2, 0.25) is 0 Å². The lowest BCUT2D eigenvalue weighted by Crippen LogP contribution is -2.51. The minimum absolute atomic E-state index is 0.215. The number of carbonyl (C=O) groups is 1. The number of amides is 1. The standard InChI is InChI=1S/C21H27NO4/c1-16(25-14-18-9-5-3-6-10-18)21(20(13-23)22-17(2)24)26-15-19-11-7-4-8-12-19/h3-12,16,20-21,23H,13-15H2,1-2H3,(H,22,24)/t16-,20+,21-/m1/s1. The van der Waals surface area contributed by atoms with Crippen LogP contribution in [-0.2, 0) is 27.5 Å². The van der Waals surface area contributed by atoms with E-state index in [0.29, 0.717) is 13.2 Å². The summed E-state index contributed by atoms with van der Waals surface area (Å²) in [6.07, 6.45) is -0.796. The fraction of sp³-hybridized carbons (Fsp3) is 0.381. The number of carbonyl (C=O) groups excluding carboxylic acids is 1. The van der Waals surface area contributed by atoms with Crippen LogP contribution in [0.25, 0.3) is 0 Å². The molecule has 0 aliphatic rings. The zero-order valence-electron chi connectivity index (χ0n) is 15.3. The van der Waals surface area contributed by atoms with Gasteiger partial charge < -0.3 is 19.9 Å². The SMILES string of the molecule is CC(=O)N[C@@H](CO)[C@H](OCc1ccccc1)[C@@H](C)OCc1ccccc1. The Balaban J connectivity index is 2.03. The molecule has 0 bridgehead atoms. The van der Waals surface area contributed by atoms with Crippen molar-refractivity contribution in [2.24, 2.45) is 0 Å². The summed E-state index contributed by atoms with van der Waals surface area (Å²) < 4.78 is 12.0. The summed E-state index contributed by atoms with van der Waals surface area (Å²) >= 11 is 0. The first-order chi connectivity index (χ1) is 12.6. The van der Waals surface area contributed by atoms with E-state index in [0.717, 1.165) is 11.1 Å². The van der Waals surface area contributed by atoms with Gasteiger partial charge in [-0.05, 0) is 18.1 Å². The van der Waals surface area contributed by atoms with E-state index in [1.807, 2.05) is 67.6 Å². The third-order valence-corrected chi connectivity index (χ3v) is 4.09. The van der Waals surface area contributed by atoms with E-state index in [1.54, 1.807) is 0 Å². The van der Waals surface area contributed by atoms with Crippen LogP contribution in [0.1, 0.15) is 25.0 Å². The Morgan fingerprint density at radius 1 is 0.962 bits per heavy atom. The highest BCUT2D eigenvalue weighted by molar-refractivity contribution is 5.73. The lowest BCUT2D eigenvalue weighted by molar-refractivity contribution is -0.126. The van der Waals surface area contributed by atoms with Crippen molar-refractivity contribution in [3.8, 4) is 0 Å². The Kier molecular flexibility index (Phi) is 8.28. The molecular formula is C21H27NO4. The van der Waals surface area contributed by atoms with Crippen LogP contribution in [0.3, 0.4) is 0 Å². The van der Waals surface area contributed by atoms with Crippen molar-refractivity contribution >= 4 is 5.91 Å². The summed E-state index contributed by atoms with van der Waals surface area (Å²) in [6, 6.07) is 19.1. The number of benzene rings is 2. The quantitative estimate of drug-likeness (QED) is 0.686. The van der Waals surface area contributed by atoms with Crippen LogP contribution >= 0.6 is 0 Å². The van der Waals surface area contributed by atoms with E-state index in [4.69, 9.17) is 9.47 Å². The molecule has 0 spiro atoms. The Morgan fingerprint density at radius 3 is 1.92 bits per heavy atom. The first kappa shape index (κ1) is 20.1. The molecule has 0 unspecified atom stereocenters. The van der Waals surface area contributed by atoms with E-state index < -0.39 is 12.1 Å². The lowest BCUT2D eigenvalue weighted by Gasteiger charge is -2.31. The number of rotatable bonds is 10. The van der Waals surface area contributed by atoms with Crippen LogP contribution in [-0.4, -0.2) is 35.9 Å². The Morgan fingerprint density at radius 2 is 1.46 bits per heavy atom. The Bertz CT molecular complexity index is 648. The molecule has 0 heterocycles. The first-order valence-electron chi connectivity index (χ1n) is 8.79. The second-order valence-corrected chi connectivity index (χ2v) is 6.25. The van der Waals surface area contributed by atoms with Crippen LogP contribution in [0.5, 0.6) is 0 Å². The second kappa shape index (κ2) is 10.7. The Hall–Kier alpha value is -2.21. The fourth-order valence-corrected chi connectivity index (χ4v) is 2.73. The molecule has 5 nitrogen and oxygen atoms in total. The summed E-state index contributed by atoms with van der Waals surface area (Å²) in [6.45, 7) is 3.90. The monoisotopic (exact) mass is 357 g/mol. The maximum absolute atomic E-state index is 11.5. The molecular weight excluding hydrogens is 330 g/mol. The van der Waals surface area contributed by atoms with Crippen molar-refractivity contribution in [2.45, 2.75) is 45.3 Å². The molecule has 2 aromatic rings. The third kappa shape index (κ3) is 6.59. The smallest absolute Gasteiger partial charge is 0.217 e. The van der Waals surface area contributed by atoms with E-state index in [1.165, 1.54) is 6.92 Å². The van der Waals surface area contributed by atoms with Gasteiger partial charge in [-0.3, -0.25) is 4.79 Å². The van der Waals surface area contributed by atoms with Crippen LogP contribution < -0.4 is 5.32 Å². The zero-order valence-corrected chi connectivity index (χ0v) is 15.3. The topological polar surface area (TPSA) is 67.8 Å². The summed E-state index contributed by atoms with van der Waals surface area (Å²) in [5.74, 6) is -0.215. The van der Waals surface area contributed by atoms with Gasteiger partial charge in [-0.2, -0.15) is 0 Å². The van der Waals surface area contributed by atoms with Gasteiger partial charge in [-0.25, -0.2) is 0 Å². The van der Waals surface area contributed by atoms with Gasteiger partial charge >= 0.3 is 0 Å². The fourth-order valence-electron chi connectivity index (χ4n) is 2.73. The van der Waals surface area contributed by atoms with E-state index in [2.05, 4.69) is 5.32 Å². The molecule has 0 aliphatic heterocycles. The van der Waals surface area contributed by atoms with Crippen LogP contribution in [0.15, 0.2) is 60.7 Å². The van der Waals surface area contributed by atoms with Gasteiger partial charge in [0.2, 0.25) is 5.91 Å². The van der Waals surface area contributed by atoms with E-state index >= 15 is 0 Å². The lowest BCUT2D eigenvalue weighted by atomic mass is 10.1. The van der Waals surface area contributed by atoms with E-state index in [-0.39, 0.29) is 18.6 Å². The number of aliphatic hydroxyl groups excluding tert-OH is 1. The largest absolute Gasteiger partial charge is 0.394 e. The molecule has 5 heteroatoms. The molecule has 0 saturated heterocycles. The van der Waals surface area contributed by atoms with Crippen molar-refractivity contribution in [3.05, 3.63) is 71.8 Å². The molecule has 140 valence electrons. The molecule has 2 aromatic carbocycles. The molecule has 0 saturated carbocycles. The number of ether oxygens (including phenoxy) is 2. The van der Waals surface area contributed by atoms with Crippen LogP contribution in [0, 0.1) is 0 Å². The molecule has 3 atom stereocenters. The normalized spacial score (nSPS) is 14.4. The van der Waals surface area contributed by atoms with Crippen molar-refractivity contribution < 1.29 is 19.4 Å². The van der Waals surface area contributed by atoms with Crippen molar-refractivity contribution in [1.82, 2.24) is 5.32 Å². The van der Waals surface area contributed by atoms with Crippen LogP contribution in [0.4, 0.5) is 0 Å². The average Bonchev–Trinajstić information content (AvgIpc) is 2.66. The summed E-state index contributed by atoms with van der Waals surface area (Å²) in [4.78, 5) is 11.5. The maximum atomic E-state index is 11.5. The predicted molar refractivity (Wildman–Crippen MR) is 100 cm³/mol. The van der Waals surface area contributed by atoms with Gasteiger partial charge in [0.1, 0.15) is 6.10 Å². The molecule has 0 radical (unpaired) electrons. The molecule has 1 amide bonds. The molecule has 2 N–H and O–H groups in total. The van der Waals surface area contributed by atoms with Crippen molar-refractivity contribution in [1.29, 1.82) is 0 Å². The van der Waals surface area contributed by atoms with Gasteiger partial charge in [0, 0.05) is 6.92 Å². The van der Waals surface area contributed by atoms with E-state index in [9.17, 15) is 9.90 Å². The van der Waals surface area contributed by atoms with Gasteiger partial charge in [0.15, 0.2) is 0 Å². The van der Waals surface area contributed by atoms with Gasteiger partial charge in [-0.15, -0.1) is 0 Å². The minimum atomic E-state index is -0.540. The van der Waals surface area contributed by atoms with Gasteiger partial charge in [0.05, 0.1) is 32.0 Å². The predicted octanol–water partition coefficient (Wildman–Crippen LogP) is 2.67. The molecule has 0 fully saturated rings.